The number of amides is 2. The van der Waals surface area contributed by atoms with Crippen molar-refractivity contribution < 1.29 is 19.1 Å². The number of hydrogen-bond acceptors (Lipinski definition) is 5. The molecule has 4 heterocycles. The molecule has 4 aliphatic rings. The molecule has 4 aliphatic heterocycles. The van der Waals surface area contributed by atoms with Gasteiger partial charge in [-0.1, -0.05) is 6.07 Å². The third-order valence-electron chi connectivity index (χ3n) is 6.34. The van der Waals surface area contributed by atoms with Crippen molar-refractivity contribution in [2.75, 3.05) is 30.5 Å². The second-order valence-electron chi connectivity index (χ2n) is 8.27. The summed E-state index contributed by atoms with van der Waals surface area (Å²) in [4.78, 5) is 28.0. The fourth-order valence-electron chi connectivity index (χ4n) is 4.53. The van der Waals surface area contributed by atoms with E-state index in [2.05, 4.69) is 15.5 Å². The highest BCUT2D eigenvalue weighted by molar-refractivity contribution is 6.06. The minimum absolute atomic E-state index is 0.0239. The SMILES string of the molecule is Cc1ccc(C(=O)Nc2ccc3c(c2)OCO3)cc1NC(=O)C1CC2CCN1CC2. The number of fused-ring (bicyclic) bond motifs is 4. The van der Waals surface area contributed by atoms with Gasteiger partial charge in [-0.05, 0) is 75.0 Å². The predicted octanol–water partition coefficient (Wildman–Crippen LogP) is 3.40. The average molecular weight is 407 g/mol. The Morgan fingerprint density at radius 3 is 2.57 bits per heavy atom. The monoisotopic (exact) mass is 407 g/mol. The molecule has 2 aromatic carbocycles. The van der Waals surface area contributed by atoms with E-state index in [0.717, 1.165) is 25.1 Å². The molecule has 6 rings (SSSR count). The van der Waals surface area contributed by atoms with E-state index in [-0.39, 0.29) is 24.6 Å². The maximum atomic E-state index is 12.9. The lowest BCUT2D eigenvalue weighted by molar-refractivity contribution is -0.125. The van der Waals surface area contributed by atoms with Crippen LogP contribution in [0, 0.1) is 12.8 Å². The largest absolute Gasteiger partial charge is 0.454 e. The summed E-state index contributed by atoms with van der Waals surface area (Å²) in [6, 6.07) is 10.6. The van der Waals surface area contributed by atoms with Gasteiger partial charge in [0.2, 0.25) is 12.7 Å². The quantitative estimate of drug-likeness (QED) is 0.812. The van der Waals surface area contributed by atoms with Crippen molar-refractivity contribution >= 4 is 23.2 Å². The van der Waals surface area contributed by atoms with Crippen LogP contribution in [0.1, 0.15) is 35.2 Å². The first-order valence-electron chi connectivity index (χ1n) is 10.4. The highest BCUT2D eigenvalue weighted by Crippen LogP contribution is 2.35. The standard InChI is InChI=1S/C23H25N3O4/c1-14-2-3-16(22(27)24-17-4-5-20-21(12-17)30-13-29-20)11-18(14)25-23(28)19-10-15-6-8-26(19)9-7-15/h2-5,11-12,15,19H,6-10,13H2,1H3,(H,24,27)(H,25,28). The van der Waals surface area contributed by atoms with E-state index in [1.165, 1.54) is 12.8 Å². The van der Waals surface area contributed by atoms with Crippen LogP contribution >= 0.6 is 0 Å². The average Bonchev–Trinajstić information content (AvgIpc) is 3.24. The molecule has 0 aromatic heterocycles. The molecule has 2 N–H and O–H groups in total. The van der Waals surface area contributed by atoms with Crippen LogP contribution in [0.2, 0.25) is 0 Å². The molecular weight excluding hydrogens is 382 g/mol. The zero-order chi connectivity index (χ0) is 20.7. The Balaban J connectivity index is 1.29. The zero-order valence-corrected chi connectivity index (χ0v) is 16.9. The molecule has 2 amide bonds. The Labute approximate surface area is 175 Å². The molecule has 0 aliphatic carbocycles. The molecule has 3 fully saturated rings. The molecule has 3 saturated heterocycles. The summed E-state index contributed by atoms with van der Waals surface area (Å²) in [5.74, 6) is 1.72. The lowest BCUT2D eigenvalue weighted by Gasteiger charge is -2.44. The summed E-state index contributed by atoms with van der Waals surface area (Å²) >= 11 is 0. The van der Waals surface area contributed by atoms with Gasteiger partial charge in [-0.25, -0.2) is 0 Å². The van der Waals surface area contributed by atoms with E-state index in [0.29, 0.717) is 34.4 Å². The molecule has 2 bridgehead atoms. The molecular formula is C23H25N3O4. The van der Waals surface area contributed by atoms with Crippen molar-refractivity contribution in [3.05, 3.63) is 47.5 Å². The van der Waals surface area contributed by atoms with Gasteiger partial charge in [-0.2, -0.15) is 0 Å². The van der Waals surface area contributed by atoms with Crippen molar-refractivity contribution in [1.29, 1.82) is 0 Å². The number of nitrogens with one attached hydrogen (secondary N) is 2. The molecule has 7 nitrogen and oxygen atoms in total. The summed E-state index contributed by atoms with van der Waals surface area (Å²) in [5, 5.41) is 5.94. The number of rotatable bonds is 4. The Morgan fingerprint density at radius 2 is 1.80 bits per heavy atom. The van der Waals surface area contributed by atoms with Crippen molar-refractivity contribution in [2.24, 2.45) is 5.92 Å². The number of benzene rings is 2. The van der Waals surface area contributed by atoms with Crippen LogP contribution in [0.4, 0.5) is 11.4 Å². The second-order valence-corrected chi connectivity index (χ2v) is 8.27. The van der Waals surface area contributed by atoms with Crippen LogP contribution in [0.5, 0.6) is 11.5 Å². The molecule has 156 valence electrons. The summed E-state index contributed by atoms with van der Waals surface area (Å²) in [7, 11) is 0. The number of ether oxygens (including phenoxy) is 2. The predicted molar refractivity (Wildman–Crippen MR) is 113 cm³/mol. The molecule has 1 unspecified atom stereocenters. The summed E-state index contributed by atoms with van der Waals surface area (Å²) < 4.78 is 10.7. The summed E-state index contributed by atoms with van der Waals surface area (Å²) in [6.07, 6.45) is 3.31. The third kappa shape index (κ3) is 3.61. The molecule has 1 atom stereocenters. The van der Waals surface area contributed by atoms with Crippen LogP contribution < -0.4 is 20.1 Å². The Bertz CT molecular complexity index is 998. The fourth-order valence-corrected chi connectivity index (χ4v) is 4.53. The van der Waals surface area contributed by atoms with Crippen LogP contribution in [0.3, 0.4) is 0 Å². The highest BCUT2D eigenvalue weighted by atomic mass is 16.7. The highest BCUT2D eigenvalue weighted by Gasteiger charge is 2.37. The summed E-state index contributed by atoms with van der Waals surface area (Å²) in [5.41, 5.74) is 2.72. The van der Waals surface area contributed by atoms with Crippen LogP contribution in [-0.2, 0) is 4.79 Å². The lowest BCUT2D eigenvalue weighted by Crippen LogP contribution is -2.53. The van der Waals surface area contributed by atoms with E-state index < -0.39 is 0 Å². The maximum absolute atomic E-state index is 12.9. The van der Waals surface area contributed by atoms with Crippen LogP contribution in [-0.4, -0.2) is 42.6 Å². The molecule has 2 aromatic rings. The normalized spacial score (nSPS) is 23.8. The Kier molecular flexibility index (Phi) is 4.83. The first-order valence-corrected chi connectivity index (χ1v) is 10.4. The van der Waals surface area contributed by atoms with E-state index in [9.17, 15) is 9.59 Å². The van der Waals surface area contributed by atoms with Crippen molar-refractivity contribution in [3.63, 3.8) is 0 Å². The van der Waals surface area contributed by atoms with Gasteiger partial charge in [0.1, 0.15) is 0 Å². The van der Waals surface area contributed by atoms with Gasteiger partial charge in [-0.15, -0.1) is 0 Å². The van der Waals surface area contributed by atoms with Crippen molar-refractivity contribution in [1.82, 2.24) is 4.90 Å². The van der Waals surface area contributed by atoms with Gasteiger partial charge < -0.3 is 20.1 Å². The van der Waals surface area contributed by atoms with Gasteiger partial charge in [0, 0.05) is 23.0 Å². The van der Waals surface area contributed by atoms with Crippen LogP contribution in [0.15, 0.2) is 36.4 Å². The van der Waals surface area contributed by atoms with E-state index in [1.807, 2.05) is 13.0 Å². The van der Waals surface area contributed by atoms with Gasteiger partial charge in [0.15, 0.2) is 11.5 Å². The van der Waals surface area contributed by atoms with Gasteiger partial charge >= 0.3 is 0 Å². The number of nitrogens with zero attached hydrogens (tertiary/aromatic N) is 1. The number of carbonyl (C=O) groups excluding carboxylic acids is 2. The molecule has 0 saturated carbocycles. The molecule has 0 spiro atoms. The fraction of sp³-hybridized carbons (Fsp3) is 0.391. The first-order chi connectivity index (χ1) is 14.6. The number of carbonyl (C=O) groups is 2. The smallest absolute Gasteiger partial charge is 0.255 e. The Hall–Kier alpha value is -3.06. The number of hydrogen-bond donors (Lipinski definition) is 2. The van der Waals surface area contributed by atoms with E-state index >= 15 is 0 Å². The number of piperidine rings is 3. The van der Waals surface area contributed by atoms with Crippen molar-refractivity contribution in [2.45, 2.75) is 32.2 Å². The topological polar surface area (TPSA) is 79.9 Å². The number of anilines is 2. The molecule has 0 radical (unpaired) electrons. The van der Waals surface area contributed by atoms with Crippen molar-refractivity contribution in [3.8, 4) is 11.5 Å². The number of aryl methyl sites for hydroxylation is 1. The first kappa shape index (κ1) is 18.9. The molecule has 30 heavy (non-hydrogen) atoms. The third-order valence-corrected chi connectivity index (χ3v) is 6.34. The zero-order valence-electron chi connectivity index (χ0n) is 16.9. The Morgan fingerprint density at radius 1 is 1.00 bits per heavy atom. The minimum atomic E-state index is -0.246. The van der Waals surface area contributed by atoms with Gasteiger partial charge in [0.25, 0.3) is 5.91 Å². The van der Waals surface area contributed by atoms with E-state index in [4.69, 9.17) is 9.47 Å². The molecule has 7 heteroatoms. The minimum Gasteiger partial charge on any atom is -0.454 e. The van der Waals surface area contributed by atoms with Gasteiger partial charge in [0.05, 0.1) is 6.04 Å². The lowest BCUT2D eigenvalue weighted by atomic mass is 9.83. The van der Waals surface area contributed by atoms with Gasteiger partial charge in [-0.3, -0.25) is 14.5 Å². The summed E-state index contributed by atoms with van der Waals surface area (Å²) in [6.45, 7) is 4.12. The van der Waals surface area contributed by atoms with E-state index in [1.54, 1.807) is 30.3 Å². The second kappa shape index (κ2) is 7.65. The maximum Gasteiger partial charge on any atom is 0.255 e. The van der Waals surface area contributed by atoms with Crippen LogP contribution in [0.25, 0.3) is 0 Å².